The zero-order chi connectivity index (χ0) is 12.3. The van der Waals surface area contributed by atoms with Gasteiger partial charge in [-0.15, -0.1) is 0 Å². The molecule has 1 rings (SSSR count). The highest BCUT2D eigenvalue weighted by molar-refractivity contribution is 5.24. The molecule has 0 saturated heterocycles. The standard InChI is InChI=1S/C12H23N3O/c1-8(7-16)9(2)13-6-12-10(3)14-15(5)11(12)4/h8-9,13,16H,6-7H2,1-5H3. The van der Waals surface area contributed by atoms with Crippen molar-refractivity contribution in [2.45, 2.75) is 40.3 Å². The fourth-order valence-corrected chi connectivity index (χ4v) is 1.70. The number of nitrogens with zero attached hydrogens (tertiary/aromatic N) is 2. The Balaban J connectivity index is 2.61. The van der Waals surface area contributed by atoms with Crippen LogP contribution in [0.4, 0.5) is 0 Å². The van der Waals surface area contributed by atoms with E-state index in [0.29, 0.717) is 6.04 Å². The van der Waals surface area contributed by atoms with Crippen LogP contribution < -0.4 is 5.32 Å². The minimum Gasteiger partial charge on any atom is -0.396 e. The summed E-state index contributed by atoms with van der Waals surface area (Å²) in [4.78, 5) is 0. The predicted molar refractivity (Wildman–Crippen MR) is 65.2 cm³/mol. The van der Waals surface area contributed by atoms with Gasteiger partial charge in [0.25, 0.3) is 0 Å². The van der Waals surface area contributed by atoms with E-state index in [1.165, 1.54) is 11.3 Å². The molecule has 2 unspecified atom stereocenters. The highest BCUT2D eigenvalue weighted by atomic mass is 16.3. The lowest BCUT2D eigenvalue weighted by Crippen LogP contribution is -2.33. The average Bonchev–Trinajstić information content (AvgIpc) is 2.49. The maximum atomic E-state index is 9.06. The largest absolute Gasteiger partial charge is 0.396 e. The van der Waals surface area contributed by atoms with Crippen LogP contribution in [0.25, 0.3) is 0 Å². The van der Waals surface area contributed by atoms with Crippen molar-refractivity contribution in [2.24, 2.45) is 13.0 Å². The van der Waals surface area contributed by atoms with Gasteiger partial charge in [0.2, 0.25) is 0 Å². The van der Waals surface area contributed by atoms with Gasteiger partial charge in [0.1, 0.15) is 0 Å². The Morgan fingerprint density at radius 1 is 1.38 bits per heavy atom. The summed E-state index contributed by atoms with van der Waals surface area (Å²) >= 11 is 0. The Morgan fingerprint density at radius 2 is 2.00 bits per heavy atom. The summed E-state index contributed by atoms with van der Waals surface area (Å²) in [6.07, 6.45) is 0. The minimum absolute atomic E-state index is 0.221. The molecule has 1 aromatic heterocycles. The quantitative estimate of drug-likeness (QED) is 0.790. The van der Waals surface area contributed by atoms with Crippen LogP contribution in [0.1, 0.15) is 30.8 Å². The number of hydrogen-bond acceptors (Lipinski definition) is 3. The molecule has 0 fully saturated rings. The molecule has 0 aliphatic heterocycles. The van der Waals surface area contributed by atoms with Crippen molar-refractivity contribution in [3.63, 3.8) is 0 Å². The Hall–Kier alpha value is -0.870. The summed E-state index contributed by atoms with van der Waals surface area (Å²) in [6.45, 7) is 9.29. The molecule has 0 aliphatic rings. The first-order chi connectivity index (χ1) is 7.47. The molecule has 2 atom stereocenters. The first-order valence-electron chi connectivity index (χ1n) is 5.80. The molecular weight excluding hydrogens is 202 g/mol. The van der Waals surface area contributed by atoms with Gasteiger partial charge < -0.3 is 10.4 Å². The minimum atomic E-state index is 0.221. The molecule has 4 nitrogen and oxygen atoms in total. The second-order valence-corrected chi connectivity index (χ2v) is 4.60. The van der Waals surface area contributed by atoms with Crippen LogP contribution in [0.15, 0.2) is 0 Å². The Morgan fingerprint density at radius 3 is 2.44 bits per heavy atom. The van der Waals surface area contributed by atoms with Gasteiger partial charge in [0.15, 0.2) is 0 Å². The number of hydrogen-bond donors (Lipinski definition) is 2. The van der Waals surface area contributed by atoms with Gasteiger partial charge in [-0.25, -0.2) is 0 Å². The topological polar surface area (TPSA) is 50.1 Å². The molecular formula is C12H23N3O. The van der Waals surface area contributed by atoms with Crippen molar-refractivity contribution in [2.75, 3.05) is 6.61 Å². The summed E-state index contributed by atoms with van der Waals surface area (Å²) in [5, 5.41) is 16.9. The third-order valence-electron chi connectivity index (χ3n) is 3.40. The third-order valence-corrected chi connectivity index (χ3v) is 3.40. The van der Waals surface area contributed by atoms with Crippen molar-refractivity contribution < 1.29 is 5.11 Å². The highest BCUT2D eigenvalue weighted by Gasteiger charge is 2.13. The van der Waals surface area contributed by atoms with Gasteiger partial charge in [0, 0.05) is 37.5 Å². The first kappa shape index (κ1) is 13.2. The van der Waals surface area contributed by atoms with Crippen LogP contribution in [0.5, 0.6) is 0 Å². The molecule has 0 spiro atoms. The molecule has 0 aromatic carbocycles. The fraction of sp³-hybridized carbons (Fsp3) is 0.750. The molecule has 92 valence electrons. The van der Waals surface area contributed by atoms with E-state index < -0.39 is 0 Å². The van der Waals surface area contributed by atoms with Gasteiger partial charge >= 0.3 is 0 Å². The number of aromatic nitrogens is 2. The van der Waals surface area contributed by atoms with Crippen molar-refractivity contribution in [3.8, 4) is 0 Å². The summed E-state index contributed by atoms with van der Waals surface area (Å²) in [6, 6.07) is 0.309. The maximum Gasteiger partial charge on any atom is 0.0641 e. The Kier molecular flexibility index (Phi) is 4.50. The normalized spacial score (nSPS) is 15.1. The molecule has 1 heterocycles. The summed E-state index contributed by atoms with van der Waals surface area (Å²) in [7, 11) is 1.96. The zero-order valence-electron chi connectivity index (χ0n) is 10.9. The van der Waals surface area contributed by atoms with Crippen LogP contribution in [0.2, 0.25) is 0 Å². The lowest BCUT2D eigenvalue weighted by Gasteiger charge is -2.19. The third kappa shape index (κ3) is 2.83. The molecule has 0 saturated carbocycles. The molecule has 2 N–H and O–H groups in total. The fourth-order valence-electron chi connectivity index (χ4n) is 1.70. The van der Waals surface area contributed by atoms with E-state index in [2.05, 4.69) is 24.3 Å². The van der Waals surface area contributed by atoms with Gasteiger partial charge in [-0.3, -0.25) is 4.68 Å². The van der Waals surface area contributed by atoms with Gasteiger partial charge in [-0.05, 0) is 26.7 Å². The van der Waals surface area contributed by atoms with Crippen LogP contribution in [-0.2, 0) is 13.6 Å². The number of aliphatic hydroxyl groups is 1. The van der Waals surface area contributed by atoms with Crippen molar-refractivity contribution >= 4 is 0 Å². The number of rotatable bonds is 5. The summed E-state index contributed by atoms with van der Waals surface area (Å²) < 4.78 is 1.91. The number of aliphatic hydroxyl groups excluding tert-OH is 1. The lowest BCUT2D eigenvalue weighted by molar-refractivity contribution is 0.207. The highest BCUT2D eigenvalue weighted by Crippen LogP contribution is 2.12. The second-order valence-electron chi connectivity index (χ2n) is 4.60. The van der Waals surface area contributed by atoms with Crippen LogP contribution in [0.3, 0.4) is 0 Å². The molecule has 0 amide bonds. The zero-order valence-corrected chi connectivity index (χ0v) is 10.9. The lowest BCUT2D eigenvalue weighted by atomic mass is 10.0. The second kappa shape index (κ2) is 5.46. The van der Waals surface area contributed by atoms with E-state index in [1.54, 1.807) is 0 Å². The molecule has 0 aliphatic carbocycles. The van der Waals surface area contributed by atoms with Crippen LogP contribution in [0, 0.1) is 19.8 Å². The smallest absolute Gasteiger partial charge is 0.0641 e. The molecule has 16 heavy (non-hydrogen) atoms. The molecule has 4 heteroatoms. The predicted octanol–water partition coefficient (Wildman–Crippen LogP) is 1.14. The van der Waals surface area contributed by atoms with E-state index in [4.69, 9.17) is 5.11 Å². The van der Waals surface area contributed by atoms with E-state index in [-0.39, 0.29) is 12.5 Å². The summed E-state index contributed by atoms with van der Waals surface area (Å²) in [5.41, 5.74) is 3.55. The number of nitrogens with one attached hydrogen (secondary N) is 1. The average molecular weight is 225 g/mol. The van der Waals surface area contributed by atoms with Gasteiger partial charge in [0.05, 0.1) is 5.69 Å². The van der Waals surface area contributed by atoms with E-state index in [0.717, 1.165) is 12.2 Å². The first-order valence-corrected chi connectivity index (χ1v) is 5.80. The van der Waals surface area contributed by atoms with Crippen molar-refractivity contribution in [1.82, 2.24) is 15.1 Å². The Bertz CT molecular complexity index is 346. The van der Waals surface area contributed by atoms with Gasteiger partial charge in [-0.1, -0.05) is 6.92 Å². The monoisotopic (exact) mass is 225 g/mol. The van der Waals surface area contributed by atoms with Crippen molar-refractivity contribution in [1.29, 1.82) is 0 Å². The van der Waals surface area contributed by atoms with Gasteiger partial charge in [-0.2, -0.15) is 5.10 Å². The molecule has 0 radical (unpaired) electrons. The van der Waals surface area contributed by atoms with Crippen LogP contribution >= 0.6 is 0 Å². The number of aryl methyl sites for hydroxylation is 2. The maximum absolute atomic E-state index is 9.06. The summed E-state index contributed by atoms with van der Waals surface area (Å²) in [5.74, 6) is 0.275. The van der Waals surface area contributed by atoms with Crippen molar-refractivity contribution in [3.05, 3.63) is 17.0 Å². The van der Waals surface area contributed by atoms with E-state index >= 15 is 0 Å². The van der Waals surface area contributed by atoms with Crippen LogP contribution in [-0.4, -0.2) is 27.5 Å². The molecule has 1 aromatic rings. The van der Waals surface area contributed by atoms with E-state index in [9.17, 15) is 0 Å². The SMILES string of the molecule is Cc1nn(C)c(C)c1CNC(C)C(C)CO. The molecule has 0 bridgehead atoms. The van der Waals surface area contributed by atoms with E-state index in [1.807, 2.05) is 25.6 Å². The Labute approximate surface area is 97.7 Å².